The van der Waals surface area contributed by atoms with Crippen molar-refractivity contribution in [3.8, 4) is 0 Å². The number of hydrogen-bond donors (Lipinski definition) is 2. The maximum Gasteiger partial charge on any atom is 0.269 e. The van der Waals surface area contributed by atoms with Crippen LogP contribution in [0.15, 0.2) is 77.9 Å². The summed E-state index contributed by atoms with van der Waals surface area (Å²) in [5.41, 5.74) is 5.04. The first-order valence-electron chi connectivity index (χ1n) is 9.55. The van der Waals surface area contributed by atoms with Crippen molar-refractivity contribution in [1.29, 1.82) is 0 Å². The highest BCUT2D eigenvalue weighted by Gasteiger charge is 2.09. The molecule has 9 heteroatoms. The maximum absolute atomic E-state index is 13.3. The molecule has 3 aromatic carbocycles. The minimum atomic E-state index is -0.504. The number of hydrogen-bond acceptors (Lipinski definition) is 5. The largest absolute Gasteiger partial charge is 0.322 e. The Bertz CT molecular complexity index is 1180. The number of benzene rings is 3. The molecule has 32 heavy (non-hydrogen) atoms. The van der Waals surface area contributed by atoms with Gasteiger partial charge in [0.1, 0.15) is 5.82 Å². The summed E-state index contributed by atoms with van der Waals surface area (Å²) in [6.07, 6.45) is 0.0276. The van der Waals surface area contributed by atoms with Gasteiger partial charge in [0.25, 0.3) is 11.6 Å². The summed E-state index contributed by atoms with van der Waals surface area (Å²) in [7, 11) is 0. The van der Waals surface area contributed by atoms with Gasteiger partial charge in [-0.3, -0.25) is 19.7 Å². The minimum Gasteiger partial charge on any atom is -0.322 e. The van der Waals surface area contributed by atoms with Gasteiger partial charge < -0.3 is 5.32 Å². The summed E-state index contributed by atoms with van der Waals surface area (Å²) in [4.78, 5) is 34.4. The lowest BCUT2D eigenvalue weighted by Crippen LogP contribution is -2.21. The Morgan fingerprint density at radius 1 is 1.00 bits per heavy atom. The van der Waals surface area contributed by atoms with Gasteiger partial charge in [-0.15, -0.1) is 0 Å². The predicted octanol–water partition coefficient (Wildman–Crippen LogP) is 4.07. The molecule has 0 spiro atoms. The summed E-state index contributed by atoms with van der Waals surface area (Å²) >= 11 is 0. The lowest BCUT2D eigenvalue weighted by atomic mass is 10.1. The molecule has 0 saturated carbocycles. The Kier molecular flexibility index (Phi) is 7.02. The smallest absolute Gasteiger partial charge is 0.269 e. The minimum absolute atomic E-state index is 0.0276. The number of hydrazone groups is 1. The molecule has 0 saturated heterocycles. The summed E-state index contributed by atoms with van der Waals surface area (Å²) in [6, 6.07) is 17.9. The van der Waals surface area contributed by atoms with E-state index in [0.717, 1.165) is 11.6 Å². The molecule has 8 nitrogen and oxygen atoms in total. The molecule has 0 atom stereocenters. The van der Waals surface area contributed by atoms with Crippen LogP contribution in [-0.4, -0.2) is 22.4 Å². The monoisotopic (exact) mass is 434 g/mol. The first kappa shape index (κ1) is 22.3. The van der Waals surface area contributed by atoms with Crippen LogP contribution in [0.1, 0.15) is 28.4 Å². The second kappa shape index (κ2) is 10.1. The van der Waals surface area contributed by atoms with E-state index in [1.807, 2.05) is 0 Å². The molecule has 0 aromatic heterocycles. The molecule has 0 fully saturated rings. The first-order valence-corrected chi connectivity index (χ1v) is 9.55. The van der Waals surface area contributed by atoms with Crippen LogP contribution in [0.5, 0.6) is 0 Å². The Hall–Kier alpha value is -4.40. The number of nitrogens with one attached hydrogen (secondary N) is 2. The van der Waals surface area contributed by atoms with Crippen molar-refractivity contribution in [2.75, 3.05) is 5.32 Å². The van der Waals surface area contributed by atoms with Crippen molar-refractivity contribution >= 4 is 28.9 Å². The molecular formula is C23H19FN4O4. The zero-order chi connectivity index (χ0) is 23.1. The van der Waals surface area contributed by atoms with Gasteiger partial charge in [-0.2, -0.15) is 5.10 Å². The molecule has 0 radical (unpaired) electrons. The van der Waals surface area contributed by atoms with E-state index in [-0.39, 0.29) is 23.6 Å². The average molecular weight is 434 g/mol. The van der Waals surface area contributed by atoms with Crippen LogP contribution >= 0.6 is 0 Å². The van der Waals surface area contributed by atoms with E-state index in [1.165, 1.54) is 42.5 Å². The van der Waals surface area contributed by atoms with Crippen LogP contribution in [0.25, 0.3) is 0 Å². The number of anilines is 1. The van der Waals surface area contributed by atoms with Crippen molar-refractivity contribution in [2.45, 2.75) is 13.3 Å². The molecule has 0 bridgehead atoms. The van der Waals surface area contributed by atoms with Crippen molar-refractivity contribution in [1.82, 2.24) is 5.43 Å². The van der Waals surface area contributed by atoms with Crippen molar-refractivity contribution in [2.24, 2.45) is 5.10 Å². The number of carbonyl (C=O) groups excluding carboxylic acids is 2. The van der Waals surface area contributed by atoms with E-state index in [0.29, 0.717) is 17.0 Å². The standard InChI is InChI=1S/C23H19FN4O4/c1-15(26-27-22(29)13-16-5-11-21(12-6-16)28(31)32)17-7-9-20(10-8-17)25-23(30)18-3-2-4-19(24)14-18/h2-12,14H,13H2,1H3,(H,25,30)(H,27,29). The van der Waals surface area contributed by atoms with E-state index in [9.17, 15) is 24.1 Å². The van der Waals surface area contributed by atoms with E-state index in [4.69, 9.17) is 0 Å². The number of carbonyl (C=O) groups is 2. The molecule has 0 aliphatic carbocycles. The summed E-state index contributed by atoms with van der Waals surface area (Å²) in [5.74, 6) is -1.28. The molecule has 0 unspecified atom stereocenters. The fraction of sp³-hybridized carbons (Fsp3) is 0.0870. The normalized spacial score (nSPS) is 11.0. The highest BCUT2D eigenvalue weighted by atomic mass is 19.1. The van der Waals surface area contributed by atoms with Crippen LogP contribution in [0.2, 0.25) is 0 Å². The summed E-state index contributed by atoms with van der Waals surface area (Å²) in [6.45, 7) is 1.71. The zero-order valence-electron chi connectivity index (χ0n) is 17.0. The zero-order valence-corrected chi connectivity index (χ0v) is 17.0. The second-order valence-electron chi connectivity index (χ2n) is 6.87. The number of non-ortho nitro benzene ring substituents is 1. The molecule has 2 amide bonds. The van der Waals surface area contributed by atoms with Gasteiger partial charge in [-0.25, -0.2) is 9.82 Å². The third-order valence-electron chi connectivity index (χ3n) is 4.51. The number of nitro groups is 1. The van der Waals surface area contributed by atoms with Gasteiger partial charge in [-0.1, -0.05) is 30.3 Å². The van der Waals surface area contributed by atoms with Crippen molar-refractivity contribution in [3.05, 3.63) is 105 Å². The van der Waals surface area contributed by atoms with Crippen molar-refractivity contribution in [3.63, 3.8) is 0 Å². The lowest BCUT2D eigenvalue weighted by molar-refractivity contribution is -0.384. The van der Waals surface area contributed by atoms with E-state index < -0.39 is 16.6 Å². The Labute approximate surface area is 182 Å². The molecule has 3 rings (SSSR count). The van der Waals surface area contributed by atoms with Gasteiger partial charge in [0.15, 0.2) is 0 Å². The highest BCUT2D eigenvalue weighted by Crippen LogP contribution is 2.14. The number of nitrogens with zero attached hydrogens (tertiary/aromatic N) is 2. The quantitative estimate of drug-likeness (QED) is 0.331. The summed E-state index contributed by atoms with van der Waals surface area (Å²) in [5, 5.41) is 17.4. The number of amides is 2. The SMILES string of the molecule is CC(=NNC(=O)Cc1ccc([N+](=O)[O-])cc1)c1ccc(NC(=O)c2cccc(F)c2)cc1. The predicted molar refractivity (Wildman–Crippen MR) is 118 cm³/mol. The lowest BCUT2D eigenvalue weighted by Gasteiger charge is -2.07. The molecule has 0 heterocycles. The molecule has 162 valence electrons. The first-order chi connectivity index (χ1) is 15.3. The van der Waals surface area contributed by atoms with E-state index >= 15 is 0 Å². The van der Waals surface area contributed by atoms with Crippen LogP contribution in [0.4, 0.5) is 15.8 Å². The third-order valence-corrected chi connectivity index (χ3v) is 4.51. The Morgan fingerprint density at radius 2 is 1.69 bits per heavy atom. The molecule has 3 aromatic rings. The molecular weight excluding hydrogens is 415 g/mol. The van der Waals surface area contributed by atoms with Crippen LogP contribution in [-0.2, 0) is 11.2 Å². The van der Waals surface area contributed by atoms with E-state index in [2.05, 4.69) is 15.8 Å². The number of halogens is 1. The van der Waals surface area contributed by atoms with Crippen LogP contribution in [0, 0.1) is 15.9 Å². The summed E-state index contributed by atoms with van der Waals surface area (Å²) < 4.78 is 13.3. The van der Waals surface area contributed by atoms with Crippen molar-refractivity contribution < 1.29 is 18.9 Å². The van der Waals surface area contributed by atoms with Crippen LogP contribution in [0.3, 0.4) is 0 Å². The molecule has 0 aliphatic rings. The van der Waals surface area contributed by atoms with Gasteiger partial charge in [0.05, 0.1) is 17.1 Å². The third kappa shape index (κ3) is 6.05. The maximum atomic E-state index is 13.3. The van der Waals surface area contributed by atoms with E-state index in [1.54, 1.807) is 31.2 Å². The molecule has 0 aliphatic heterocycles. The Morgan fingerprint density at radius 3 is 2.31 bits per heavy atom. The average Bonchev–Trinajstić information content (AvgIpc) is 2.78. The van der Waals surface area contributed by atoms with Crippen LogP contribution < -0.4 is 10.7 Å². The fourth-order valence-corrected chi connectivity index (χ4v) is 2.80. The number of rotatable bonds is 7. The second-order valence-corrected chi connectivity index (χ2v) is 6.87. The Balaban J connectivity index is 1.56. The fourth-order valence-electron chi connectivity index (χ4n) is 2.80. The molecule has 2 N–H and O–H groups in total. The highest BCUT2D eigenvalue weighted by molar-refractivity contribution is 6.05. The van der Waals surface area contributed by atoms with Gasteiger partial charge in [0.2, 0.25) is 5.91 Å². The van der Waals surface area contributed by atoms with Gasteiger partial charge in [0, 0.05) is 23.4 Å². The topological polar surface area (TPSA) is 114 Å². The van der Waals surface area contributed by atoms with Gasteiger partial charge >= 0.3 is 0 Å². The number of nitro benzene ring substituents is 1. The van der Waals surface area contributed by atoms with Gasteiger partial charge in [-0.05, 0) is 48.4 Å².